The van der Waals surface area contributed by atoms with Gasteiger partial charge in [0.05, 0.1) is 5.69 Å². The number of carbonyl (C=O) groups excluding carboxylic acids is 1. The Hall–Kier alpha value is -2.88. The predicted octanol–water partition coefficient (Wildman–Crippen LogP) is 3.04. The van der Waals surface area contributed by atoms with Crippen LogP contribution in [-0.2, 0) is 16.8 Å². The molecule has 4 bridgehead atoms. The normalized spacial score (nSPS) is 25.2. The van der Waals surface area contributed by atoms with Gasteiger partial charge in [0.25, 0.3) is 5.91 Å². The molecule has 180 valence electrons. The smallest absolute Gasteiger partial charge is 0.301 e. The maximum absolute atomic E-state index is 12.8. The van der Waals surface area contributed by atoms with Crippen LogP contribution >= 0.6 is 0 Å². The summed E-state index contributed by atoms with van der Waals surface area (Å²) in [4.78, 5) is 12.8. The summed E-state index contributed by atoms with van der Waals surface area (Å²) in [6.07, 6.45) is 1.45. The lowest BCUT2D eigenvalue weighted by atomic mass is 9.80. The molecule has 34 heavy (non-hydrogen) atoms. The second-order valence-corrected chi connectivity index (χ2v) is 11.0. The molecule has 0 radical (unpaired) electrons. The van der Waals surface area contributed by atoms with Crippen molar-refractivity contribution >= 4 is 27.0 Å². The lowest BCUT2D eigenvalue weighted by Gasteiger charge is -2.39. The van der Waals surface area contributed by atoms with Gasteiger partial charge in [-0.2, -0.15) is 13.1 Å². The summed E-state index contributed by atoms with van der Waals surface area (Å²) in [5.41, 5.74) is 3.03. The fraction of sp³-hybridized carbons (Fsp3) is 0.400. The van der Waals surface area contributed by atoms with E-state index in [1.165, 1.54) is 0 Å². The first-order valence-electron chi connectivity index (χ1n) is 11.7. The van der Waals surface area contributed by atoms with Crippen LogP contribution in [0.15, 0.2) is 48.5 Å². The number of aromatic nitrogens is 1. The maximum Gasteiger partial charge on any atom is 0.301 e. The predicted molar refractivity (Wildman–Crippen MR) is 132 cm³/mol. The summed E-state index contributed by atoms with van der Waals surface area (Å²) >= 11 is 0. The van der Waals surface area contributed by atoms with Crippen LogP contribution in [0.4, 0.5) is 0 Å². The highest BCUT2D eigenvalue weighted by molar-refractivity contribution is 7.88. The molecule has 9 heteroatoms. The van der Waals surface area contributed by atoms with Gasteiger partial charge >= 0.3 is 10.2 Å². The number of para-hydroxylation sites is 1. The molecular formula is C25H30N4O4S. The van der Waals surface area contributed by atoms with E-state index >= 15 is 0 Å². The highest BCUT2D eigenvalue weighted by Gasteiger charge is 2.36. The number of hydrogen-bond donors (Lipinski definition) is 3. The number of hydrogen-bond acceptors (Lipinski definition) is 5. The summed E-state index contributed by atoms with van der Waals surface area (Å²) in [6, 6.07) is 15.5. The molecule has 1 aromatic heterocycles. The third kappa shape index (κ3) is 4.31. The van der Waals surface area contributed by atoms with Crippen LogP contribution in [0.3, 0.4) is 0 Å². The second-order valence-electron chi connectivity index (χ2n) is 9.48. The van der Waals surface area contributed by atoms with E-state index in [1.54, 1.807) is 12.1 Å². The van der Waals surface area contributed by atoms with Gasteiger partial charge in [-0.25, -0.2) is 4.72 Å². The first-order valence-corrected chi connectivity index (χ1v) is 13.2. The van der Waals surface area contributed by atoms with Gasteiger partial charge in [0.1, 0.15) is 11.9 Å². The molecule has 8 nitrogen and oxygen atoms in total. The van der Waals surface area contributed by atoms with Gasteiger partial charge < -0.3 is 14.6 Å². The molecule has 2 aliphatic rings. The Morgan fingerprint density at radius 2 is 1.91 bits per heavy atom. The number of fused-ring (bicyclic) bond motifs is 4. The summed E-state index contributed by atoms with van der Waals surface area (Å²) in [5.74, 6) is 0.184. The largest absolute Gasteiger partial charge is 0.489 e. The van der Waals surface area contributed by atoms with Crippen LogP contribution in [0.25, 0.3) is 22.2 Å². The summed E-state index contributed by atoms with van der Waals surface area (Å²) < 4.78 is 38.0. The van der Waals surface area contributed by atoms with Crippen LogP contribution < -0.4 is 19.5 Å². The average molecular weight is 483 g/mol. The number of ether oxygens (including phenoxy) is 1. The minimum atomic E-state index is -3.93. The molecule has 0 spiro atoms. The number of carbonyl (C=O) groups is 1. The zero-order valence-electron chi connectivity index (χ0n) is 19.4. The van der Waals surface area contributed by atoms with E-state index in [2.05, 4.69) is 45.3 Å². The minimum Gasteiger partial charge on any atom is -0.489 e. The molecule has 1 amide bonds. The fourth-order valence-corrected chi connectivity index (χ4v) is 5.66. The van der Waals surface area contributed by atoms with E-state index in [1.807, 2.05) is 24.3 Å². The SMILES string of the molecule is CC1Oc2ccccc2-c2cc3ccc4cc3n2CC1(C)CCNCCCNS(=O)(=O)NC4=O. The van der Waals surface area contributed by atoms with Gasteiger partial charge in [-0.05, 0) is 63.2 Å². The Morgan fingerprint density at radius 1 is 1.09 bits per heavy atom. The van der Waals surface area contributed by atoms with E-state index < -0.39 is 16.1 Å². The van der Waals surface area contributed by atoms with E-state index in [4.69, 9.17) is 4.74 Å². The van der Waals surface area contributed by atoms with Gasteiger partial charge in [-0.1, -0.05) is 25.1 Å². The molecule has 2 unspecified atom stereocenters. The average Bonchev–Trinajstić information content (AvgIpc) is 3.14. The molecule has 5 rings (SSSR count). The first-order chi connectivity index (χ1) is 16.3. The van der Waals surface area contributed by atoms with Crippen molar-refractivity contribution in [2.75, 3.05) is 19.6 Å². The molecule has 2 atom stereocenters. The Bertz CT molecular complexity index is 1350. The molecule has 3 heterocycles. The van der Waals surface area contributed by atoms with E-state index in [0.717, 1.165) is 40.9 Å². The van der Waals surface area contributed by atoms with Crippen LogP contribution in [0, 0.1) is 5.41 Å². The number of nitrogens with one attached hydrogen (secondary N) is 3. The van der Waals surface area contributed by atoms with Crippen molar-refractivity contribution in [1.29, 1.82) is 0 Å². The monoisotopic (exact) mass is 482 g/mol. The maximum atomic E-state index is 12.8. The lowest BCUT2D eigenvalue weighted by Crippen LogP contribution is -2.42. The van der Waals surface area contributed by atoms with E-state index in [9.17, 15) is 13.2 Å². The number of amides is 1. The second kappa shape index (κ2) is 8.72. The number of nitrogens with zero attached hydrogens (tertiary/aromatic N) is 1. The molecule has 3 N–H and O–H groups in total. The van der Waals surface area contributed by atoms with Crippen LogP contribution in [0.2, 0.25) is 0 Å². The van der Waals surface area contributed by atoms with Gasteiger partial charge in [0, 0.05) is 40.5 Å². The Kier molecular flexibility index (Phi) is 5.87. The standard InChI is InChI=1S/C25H30N4O4S/c1-17-25(2)10-13-26-11-5-12-27-34(31,32)28-24(30)19-9-8-18-14-22(29(16-25)21(18)15-19)20-6-3-4-7-23(20)33-17/h3-4,6-9,14-15,17,26-27H,5,10-13,16H2,1-2H3,(H,28,30). The summed E-state index contributed by atoms with van der Waals surface area (Å²) in [5, 5.41) is 4.41. The van der Waals surface area contributed by atoms with Crippen molar-refractivity contribution < 1.29 is 17.9 Å². The van der Waals surface area contributed by atoms with Crippen molar-refractivity contribution in [1.82, 2.24) is 19.3 Å². The van der Waals surface area contributed by atoms with Gasteiger partial charge in [-0.3, -0.25) is 4.79 Å². The van der Waals surface area contributed by atoms with Gasteiger partial charge in [0.2, 0.25) is 0 Å². The Balaban J connectivity index is 1.69. The van der Waals surface area contributed by atoms with Gasteiger partial charge in [0.15, 0.2) is 0 Å². The molecule has 3 aromatic rings. The third-order valence-electron chi connectivity index (χ3n) is 7.06. The molecule has 0 aliphatic carbocycles. The van der Waals surface area contributed by atoms with Crippen molar-refractivity contribution in [2.45, 2.75) is 39.3 Å². The highest BCUT2D eigenvalue weighted by atomic mass is 32.2. The van der Waals surface area contributed by atoms with Crippen LogP contribution in [0.1, 0.15) is 37.0 Å². The number of benzene rings is 2. The van der Waals surface area contributed by atoms with Crippen molar-refractivity contribution in [3.05, 3.63) is 54.1 Å². The number of rotatable bonds is 0. The third-order valence-corrected chi connectivity index (χ3v) is 8.09. The van der Waals surface area contributed by atoms with Crippen molar-refractivity contribution in [2.24, 2.45) is 5.41 Å². The fourth-order valence-electron chi connectivity index (χ4n) is 4.81. The molecule has 2 aliphatic heterocycles. The van der Waals surface area contributed by atoms with E-state index in [-0.39, 0.29) is 18.1 Å². The molecule has 0 saturated heterocycles. The van der Waals surface area contributed by atoms with Crippen molar-refractivity contribution in [3.8, 4) is 17.0 Å². The first kappa shape index (κ1) is 22.9. The molecule has 0 fully saturated rings. The molecule has 2 aromatic carbocycles. The minimum absolute atomic E-state index is 0.0433. The Labute approximate surface area is 199 Å². The Morgan fingerprint density at radius 3 is 2.76 bits per heavy atom. The zero-order chi connectivity index (χ0) is 23.9. The molecular weight excluding hydrogens is 452 g/mol. The quantitative estimate of drug-likeness (QED) is 0.457. The van der Waals surface area contributed by atoms with Crippen LogP contribution in [-0.4, -0.2) is 44.6 Å². The van der Waals surface area contributed by atoms with Crippen LogP contribution in [0.5, 0.6) is 5.75 Å². The molecule has 0 saturated carbocycles. The summed E-state index contributed by atoms with van der Waals surface area (Å²) in [7, 11) is -3.93. The summed E-state index contributed by atoms with van der Waals surface area (Å²) in [6.45, 7) is 6.77. The van der Waals surface area contributed by atoms with Crippen molar-refractivity contribution in [3.63, 3.8) is 0 Å². The van der Waals surface area contributed by atoms with Gasteiger partial charge in [-0.15, -0.1) is 0 Å². The van der Waals surface area contributed by atoms with E-state index in [0.29, 0.717) is 25.1 Å². The topological polar surface area (TPSA) is 101 Å². The zero-order valence-corrected chi connectivity index (χ0v) is 20.2. The lowest BCUT2D eigenvalue weighted by molar-refractivity contribution is 0.0509. The highest BCUT2D eigenvalue weighted by Crippen LogP contribution is 2.42.